The van der Waals surface area contributed by atoms with Gasteiger partial charge in [0, 0.05) is 0 Å². The van der Waals surface area contributed by atoms with E-state index in [1.165, 1.54) is 13.8 Å². The first kappa shape index (κ1) is 8.15. The molecule has 1 aliphatic rings. The lowest BCUT2D eigenvalue weighted by atomic mass is 10.5. The lowest BCUT2D eigenvalue weighted by molar-refractivity contribution is -0.114. The topological polar surface area (TPSA) is 17.1 Å². The van der Waals surface area contributed by atoms with Crippen molar-refractivity contribution in [2.75, 3.05) is 0 Å². The largest absolute Gasteiger partial charge is 0.300 e. The molecule has 0 atom stereocenters. The van der Waals surface area contributed by atoms with Crippen molar-refractivity contribution in [3.8, 4) is 0 Å². The third-order valence-electron chi connectivity index (χ3n) is 0.655. The Balaban J connectivity index is 0.000000148. The van der Waals surface area contributed by atoms with Gasteiger partial charge in [0.25, 0.3) is 0 Å². The maximum atomic E-state index is 9.44. The molecule has 1 heteroatoms. The van der Waals surface area contributed by atoms with Gasteiger partial charge in [0.2, 0.25) is 0 Å². The van der Waals surface area contributed by atoms with Crippen LogP contribution < -0.4 is 0 Å². The monoisotopic (exact) mass is 124 g/mol. The minimum absolute atomic E-state index is 0.167. The predicted octanol–water partition coefficient (Wildman–Crippen LogP) is 2.10. The van der Waals surface area contributed by atoms with E-state index in [1.807, 2.05) is 0 Å². The van der Waals surface area contributed by atoms with Gasteiger partial charge in [0.1, 0.15) is 5.78 Å². The van der Waals surface area contributed by atoms with Crippen LogP contribution in [0.25, 0.3) is 0 Å². The molecule has 0 radical (unpaired) electrons. The molecule has 50 valence electrons. The van der Waals surface area contributed by atoms with Crippen LogP contribution >= 0.6 is 0 Å². The standard InChI is InChI=1S/C5H6.C3H6O/c1-2-4-5-3-1;1-3(2)4/h1-4H,5H2;1-2H3. The van der Waals surface area contributed by atoms with Crippen molar-refractivity contribution in [3.63, 3.8) is 0 Å². The van der Waals surface area contributed by atoms with Gasteiger partial charge in [-0.25, -0.2) is 0 Å². The summed E-state index contributed by atoms with van der Waals surface area (Å²) in [6.45, 7) is 3.06. The average molecular weight is 124 g/mol. The maximum Gasteiger partial charge on any atom is 0.126 e. The number of Topliss-reactive ketones (excluding diaryl/α,β-unsaturated/α-hetero) is 1. The third kappa shape index (κ3) is 11.0. The molecule has 0 saturated heterocycles. The van der Waals surface area contributed by atoms with Crippen molar-refractivity contribution < 1.29 is 4.79 Å². The number of ketones is 1. The molecule has 0 amide bonds. The first-order valence-electron chi connectivity index (χ1n) is 3.02. The summed E-state index contributed by atoms with van der Waals surface area (Å²) < 4.78 is 0. The van der Waals surface area contributed by atoms with E-state index in [1.54, 1.807) is 0 Å². The summed E-state index contributed by atoms with van der Waals surface area (Å²) in [5.41, 5.74) is 0. The minimum Gasteiger partial charge on any atom is -0.300 e. The van der Waals surface area contributed by atoms with Crippen LogP contribution in [0.2, 0.25) is 0 Å². The second-order valence-electron chi connectivity index (χ2n) is 2.00. The maximum absolute atomic E-state index is 9.44. The van der Waals surface area contributed by atoms with Crippen molar-refractivity contribution in [1.29, 1.82) is 0 Å². The zero-order chi connectivity index (χ0) is 7.11. The number of rotatable bonds is 0. The van der Waals surface area contributed by atoms with Crippen molar-refractivity contribution in [1.82, 2.24) is 0 Å². The SMILES string of the molecule is C1=CCC=C1.CC(C)=O. The first-order valence-corrected chi connectivity index (χ1v) is 3.02. The van der Waals surface area contributed by atoms with Crippen LogP contribution in [0.5, 0.6) is 0 Å². The van der Waals surface area contributed by atoms with Gasteiger partial charge in [-0.2, -0.15) is 0 Å². The fourth-order valence-electron chi connectivity index (χ4n) is 0.393. The number of carbonyl (C=O) groups is 1. The van der Waals surface area contributed by atoms with Crippen LogP contribution in [0.3, 0.4) is 0 Å². The molecule has 1 aliphatic carbocycles. The number of hydrogen-bond acceptors (Lipinski definition) is 1. The molecule has 0 spiro atoms. The van der Waals surface area contributed by atoms with Gasteiger partial charge >= 0.3 is 0 Å². The van der Waals surface area contributed by atoms with Crippen LogP contribution in [-0.2, 0) is 4.79 Å². The molecule has 9 heavy (non-hydrogen) atoms. The van der Waals surface area contributed by atoms with Crippen LogP contribution in [0.4, 0.5) is 0 Å². The Morgan fingerprint density at radius 3 is 1.67 bits per heavy atom. The molecule has 0 saturated carbocycles. The molecule has 1 rings (SSSR count). The Labute approximate surface area is 56.1 Å². The molecule has 0 bridgehead atoms. The van der Waals surface area contributed by atoms with E-state index in [2.05, 4.69) is 24.3 Å². The lowest BCUT2D eigenvalue weighted by Crippen LogP contribution is -1.69. The van der Waals surface area contributed by atoms with E-state index in [0.29, 0.717) is 0 Å². The Bertz CT molecular complexity index is 118. The summed E-state index contributed by atoms with van der Waals surface area (Å²) in [4.78, 5) is 9.44. The summed E-state index contributed by atoms with van der Waals surface area (Å²) in [6.07, 6.45) is 9.50. The van der Waals surface area contributed by atoms with Crippen LogP contribution in [0.1, 0.15) is 20.3 Å². The number of allylic oxidation sites excluding steroid dienone is 4. The number of carbonyl (C=O) groups excluding carboxylic acids is 1. The van der Waals surface area contributed by atoms with Crippen LogP contribution in [-0.4, -0.2) is 5.78 Å². The van der Waals surface area contributed by atoms with Crippen molar-refractivity contribution >= 4 is 5.78 Å². The highest BCUT2D eigenvalue weighted by Gasteiger charge is 1.72. The highest BCUT2D eigenvalue weighted by atomic mass is 16.1. The first-order chi connectivity index (χ1) is 4.23. The average Bonchev–Trinajstić information content (AvgIpc) is 2.11. The normalized spacial score (nSPS) is 12.7. The zero-order valence-corrected chi connectivity index (χ0v) is 5.92. The summed E-state index contributed by atoms with van der Waals surface area (Å²) in [7, 11) is 0. The summed E-state index contributed by atoms with van der Waals surface area (Å²) in [6, 6.07) is 0. The van der Waals surface area contributed by atoms with E-state index < -0.39 is 0 Å². The van der Waals surface area contributed by atoms with Gasteiger partial charge in [-0.1, -0.05) is 24.3 Å². The second kappa shape index (κ2) is 5.29. The highest BCUT2D eigenvalue weighted by molar-refractivity contribution is 5.72. The molecular formula is C8H12O. The minimum atomic E-state index is 0.167. The van der Waals surface area contributed by atoms with Gasteiger partial charge in [-0.15, -0.1) is 0 Å². The zero-order valence-electron chi connectivity index (χ0n) is 5.92. The Morgan fingerprint density at radius 1 is 1.22 bits per heavy atom. The Hall–Kier alpha value is -0.850. The van der Waals surface area contributed by atoms with Crippen LogP contribution in [0.15, 0.2) is 24.3 Å². The highest BCUT2D eigenvalue weighted by Crippen LogP contribution is 1.93. The summed E-state index contributed by atoms with van der Waals surface area (Å²) in [5, 5.41) is 0. The molecule has 0 aromatic rings. The molecule has 0 unspecified atom stereocenters. The number of hydrogen-bond donors (Lipinski definition) is 0. The van der Waals surface area contributed by atoms with E-state index in [4.69, 9.17) is 0 Å². The second-order valence-corrected chi connectivity index (χ2v) is 2.00. The molecule has 0 aliphatic heterocycles. The van der Waals surface area contributed by atoms with Crippen molar-refractivity contribution in [2.45, 2.75) is 20.3 Å². The van der Waals surface area contributed by atoms with Crippen molar-refractivity contribution in [2.24, 2.45) is 0 Å². The van der Waals surface area contributed by atoms with Crippen molar-refractivity contribution in [3.05, 3.63) is 24.3 Å². The Morgan fingerprint density at radius 2 is 1.56 bits per heavy atom. The summed E-state index contributed by atoms with van der Waals surface area (Å²) >= 11 is 0. The fourth-order valence-corrected chi connectivity index (χ4v) is 0.393. The Kier molecular flexibility index (Phi) is 4.79. The lowest BCUT2D eigenvalue weighted by Gasteiger charge is -1.57. The quantitative estimate of drug-likeness (QED) is 0.483. The van der Waals surface area contributed by atoms with Gasteiger partial charge in [-0.3, -0.25) is 0 Å². The van der Waals surface area contributed by atoms with E-state index >= 15 is 0 Å². The molecular weight excluding hydrogens is 112 g/mol. The van der Waals surface area contributed by atoms with Gasteiger partial charge in [-0.05, 0) is 20.3 Å². The van der Waals surface area contributed by atoms with E-state index in [9.17, 15) is 4.79 Å². The van der Waals surface area contributed by atoms with Crippen LogP contribution in [0, 0.1) is 0 Å². The summed E-state index contributed by atoms with van der Waals surface area (Å²) in [5.74, 6) is 0.167. The smallest absolute Gasteiger partial charge is 0.126 e. The molecule has 0 N–H and O–H groups in total. The molecule has 0 aromatic carbocycles. The van der Waals surface area contributed by atoms with E-state index in [0.717, 1.165) is 6.42 Å². The van der Waals surface area contributed by atoms with Gasteiger partial charge < -0.3 is 4.79 Å². The van der Waals surface area contributed by atoms with E-state index in [-0.39, 0.29) is 5.78 Å². The van der Waals surface area contributed by atoms with Gasteiger partial charge in [0.05, 0.1) is 0 Å². The fraction of sp³-hybridized carbons (Fsp3) is 0.375. The third-order valence-corrected chi connectivity index (χ3v) is 0.655. The molecule has 0 aromatic heterocycles. The molecule has 0 heterocycles. The van der Waals surface area contributed by atoms with Gasteiger partial charge in [0.15, 0.2) is 0 Å². The molecule has 1 nitrogen and oxygen atoms in total. The predicted molar refractivity (Wildman–Crippen MR) is 39.3 cm³/mol. The molecule has 0 fully saturated rings.